The SMILES string of the molecule is C[N+]12CCC(OC(=O)Nc3ncsc3-c3cccc(Cl)c3)(CC1)CC2.[Br-]. The van der Waals surface area contributed by atoms with Gasteiger partial charge in [0.25, 0.3) is 0 Å². The molecule has 1 aromatic carbocycles. The third-order valence-corrected chi connectivity index (χ3v) is 6.62. The van der Waals surface area contributed by atoms with Gasteiger partial charge in [0, 0.05) is 24.3 Å². The number of thiazole rings is 1. The fourth-order valence-electron chi connectivity index (χ4n) is 3.77. The maximum atomic E-state index is 12.5. The number of amides is 1. The summed E-state index contributed by atoms with van der Waals surface area (Å²) in [5.41, 5.74) is 2.35. The van der Waals surface area contributed by atoms with Gasteiger partial charge in [-0.25, -0.2) is 9.78 Å². The van der Waals surface area contributed by atoms with Crippen molar-refractivity contribution in [3.63, 3.8) is 0 Å². The van der Waals surface area contributed by atoms with Crippen molar-refractivity contribution in [1.29, 1.82) is 0 Å². The molecule has 140 valence electrons. The number of aromatic nitrogens is 1. The molecule has 2 bridgehead atoms. The van der Waals surface area contributed by atoms with Crippen LogP contribution in [0, 0.1) is 0 Å². The molecular weight excluding hydrogens is 438 g/mol. The van der Waals surface area contributed by atoms with Gasteiger partial charge in [-0.2, -0.15) is 0 Å². The van der Waals surface area contributed by atoms with E-state index in [-0.39, 0.29) is 22.6 Å². The minimum Gasteiger partial charge on any atom is -1.00 e. The first-order chi connectivity index (χ1) is 12.0. The predicted octanol–water partition coefficient (Wildman–Crippen LogP) is 1.40. The molecule has 3 fully saturated rings. The van der Waals surface area contributed by atoms with Crippen LogP contribution in [0.1, 0.15) is 19.3 Å². The Morgan fingerprint density at radius 1 is 1.31 bits per heavy atom. The molecule has 0 atom stereocenters. The van der Waals surface area contributed by atoms with Gasteiger partial charge in [-0.3, -0.25) is 5.32 Å². The Bertz CT molecular complexity index is 789. The Balaban J connectivity index is 0.00000196. The number of nitrogens with one attached hydrogen (secondary N) is 1. The number of quaternary nitrogens is 1. The van der Waals surface area contributed by atoms with Crippen LogP contribution in [0.3, 0.4) is 0 Å². The summed E-state index contributed by atoms with van der Waals surface area (Å²) in [6.45, 7) is 3.24. The molecule has 0 saturated carbocycles. The highest BCUT2D eigenvalue weighted by Crippen LogP contribution is 2.39. The number of hydrogen-bond acceptors (Lipinski definition) is 4. The van der Waals surface area contributed by atoms with Gasteiger partial charge in [0.1, 0.15) is 5.60 Å². The van der Waals surface area contributed by atoms with Gasteiger partial charge >= 0.3 is 6.09 Å². The lowest BCUT2D eigenvalue weighted by Gasteiger charge is -2.51. The van der Waals surface area contributed by atoms with E-state index in [9.17, 15) is 4.79 Å². The highest BCUT2D eigenvalue weighted by molar-refractivity contribution is 7.13. The summed E-state index contributed by atoms with van der Waals surface area (Å²) in [5, 5.41) is 3.49. The average Bonchev–Trinajstić information content (AvgIpc) is 3.04. The second-order valence-electron chi connectivity index (χ2n) is 7.28. The molecule has 0 spiro atoms. The topological polar surface area (TPSA) is 51.2 Å². The van der Waals surface area contributed by atoms with Gasteiger partial charge in [0.05, 0.1) is 37.1 Å². The Labute approximate surface area is 172 Å². The van der Waals surface area contributed by atoms with Crippen LogP contribution in [0.4, 0.5) is 10.6 Å². The normalized spacial score (nSPS) is 26.8. The molecule has 4 heterocycles. The molecule has 5 rings (SSSR count). The molecule has 1 N–H and O–H groups in total. The number of nitrogens with zero attached hydrogens (tertiary/aromatic N) is 2. The van der Waals surface area contributed by atoms with Gasteiger partial charge in [-0.15, -0.1) is 11.3 Å². The highest BCUT2D eigenvalue weighted by Gasteiger charge is 2.49. The lowest BCUT2D eigenvalue weighted by atomic mass is 9.81. The predicted molar refractivity (Wildman–Crippen MR) is 100 cm³/mol. The van der Waals surface area contributed by atoms with Crippen LogP contribution in [0.2, 0.25) is 5.02 Å². The number of fused-ring (bicyclic) bond motifs is 3. The zero-order valence-electron chi connectivity index (χ0n) is 14.5. The number of benzene rings is 1. The maximum absolute atomic E-state index is 12.5. The first-order valence-electron chi connectivity index (χ1n) is 8.50. The number of carbonyl (C=O) groups excluding carboxylic acids is 1. The minimum atomic E-state index is -0.410. The lowest BCUT2D eigenvalue weighted by molar-refractivity contribution is -0.926. The second kappa shape index (κ2) is 7.46. The van der Waals surface area contributed by atoms with Crippen LogP contribution >= 0.6 is 22.9 Å². The monoisotopic (exact) mass is 457 g/mol. The molecular formula is C18H21BrClN3O2S. The maximum Gasteiger partial charge on any atom is 0.413 e. The third kappa shape index (κ3) is 3.91. The number of anilines is 1. The van der Waals surface area contributed by atoms with Gasteiger partial charge in [0.2, 0.25) is 0 Å². The number of halogens is 2. The lowest BCUT2D eigenvalue weighted by Crippen LogP contribution is -3.00. The van der Waals surface area contributed by atoms with Crippen LogP contribution in [-0.4, -0.2) is 47.8 Å². The summed E-state index contributed by atoms with van der Waals surface area (Å²) in [6.07, 6.45) is 2.41. The fourth-order valence-corrected chi connectivity index (χ4v) is 4.71. The van der Waals surface area contributed by atoms with Crippen molar-refractivity contribution in [1.82, 2.24) is 4.98 Å². The van der Waals surface area contributed by atoms with E-state index in [1.165, 1.54) is 11.3 Å². The van der Waals surface area contributed by atoms with E-state index in [2.05, 4.69) is 17.3 Å². The van der Waals surface area contributed by atoms with E-state index in [0.29, 0.717) is 10.8 Å². The van der Waals surface area contributed by atoms with E-state index >= 15 is 0 Å². The summed E-state index contributed by atoms with van der Waals surface area (Å²) in [7, 11) is 2.29. The smallest absolute Gasteiger partial charge is 0.413 e. The molecule has 1 aromatic heterocycles. The molecule has 3 saturated heterocycles. The van der Waals surface area contributed by atoms with Crippen LogP contribution < -0.4 is 22.3 Å². The van der Waals surface area contributed by atoms with Crippen molar-refractivity contribution in [2.24, 2.45) is 0 Å². The van der Waals surface area contributed by atoms with Gasteiger partial charge in [0.15, 0.2) is 5.82 Å². The van der Waals surface area contributed by atoms with E-state index in [0.717, 1.165) is 53.8 Å². The van der Waals surface area contributed by atoms with E-state index in [4.69, 9.17) is 16.3 Å². The van der Waals surface area contributed by atoms with Crippen molar-refractivity contribution in [2.75, 3.05) is 32.0 Å². The number of ether oxygens (including phenoxy) is 1. The largest absolute Gasteiger partial charge is 1.00 e. The summed E-state index contributed by atoms with van der Waals surface area (Å²) < 4.78 is 6.99. The van der Waals surface area contributed by atoms with Gasteiger partial charge in [-0.1, -0.05) is 23.7 Å². The zero-order chi connectivity index (χ0) is 17.5. The van der Waals surface area contributed by atoms with Crippen molar-refractivity contribution >= 4 is 34.8 Å². The number of rotatable bonds is 3. The average molecular weight is 459 g/mol. The summed E-state index contributed by atoms with van der Waals surface area (Å²) in [6, 6.07) is 7.53. The Hall–Kier alpha value is -1.15. The molecule has 3 aliphatic heterocycles. The molecule has 3 aliphatic rings. The van der Waals surface area contributed by atoms with Crippen LogP contribution in [0.15, 0.2) is 29.8 Å². The number of hydrogen-bond donors (Lipinski definition) is 1. The Kier molecular flexibility index (Phi) is 5.63. The first kappa shape index (κ1) is 19.6. The first-order valence-corrected chi connectivity index (χ1v) is 9.76. The summed E-state index contributed by atoms with van der Waals surface area (Å²) >= 11 is 7.54. The molecule has 26 heavy (non-hydrogen) atoms. The fraction of sp³-hybridized carbons (Fsp3) is 0.444. The van der Waals surface area contributed by atoms with Crippen molar-refractivity contribution in [3.8, 4) is 10.4 Å². The zero-order valence-corrected chi connectivity index (χ0v) is 17.7. The van der Waals surface area contributed by atoms with Crippen molar-refractivity contribution in [3.05, 3.63) is 34.8 Å². The van der Waals surface area contributed by atoms with Crippen LogP contribution in [-0.2, 0) is 4.74 Å². The molecule has 0 aliphatic carbocycles. The number of carbonyl (C=O) groups is 1. The summed E-state index contributed by atoms with van der Waals surface area (Å²) in [5.74, 6) is 0.529. The van der Waals surface area contributed by atoms with Crippen LogP contribution in [0.5, 0.6) is 0 Å². The molecule has 8 heteroatoms. The minimum absolute atomic E-state index is 0. The van der Waals surface area contributed by atoms with Gasteiger partial charge in [-0.05, 0) is 17.7 Å². The molecule has 1 amide bonds. The van der Waals surface area contributed by atoms with E-state index < -0.39 is 6.09 Å². The standard InChI is InChI=1S/C18H20ClN3O2S.BrH/c1-22-8-5-18(6-9-22,7-10-22)24-17(23)21-16-15(25-12-20-16)13-3-2-4-14(19)11-13;/h2-4,11-12H,5-10H2,1H3;1H. The molecule has 0 radical (unpaired) electrons. The molecule has 5 nitrogen and oxygen atoms in total. The van der Waals surface area contributed by atoms with E-state index in [1.807, 2.05) is 24.3 Å². The quantitative estimate of drug-likeness (QED) is 0.708. The summed E-state index contributed by atoms with van der Waals surface area (Å²) in [4.78, 5) is 17.7. The molecule has 0 unspecified atom stereocenters. The number of piperidine rings is 3. The second-order valence-corrected chi connectivity index (χ2v) is 8.57. The Morgan fingerprint density at radius 3 is 2.65 bits per heavy atom. The van der Waals surface area contributed by atoms with Gasteiger partial charge < -0.3 is 26.2 Å². The Morgan fingerprint density at radius 2 is 2.00 bits per heavy atom. The van der Waals surface area contributed by atoms with Crippen molar-refractivity contribution in [2.45, 2.75) is 24.9 Å². The van der Waals surface area contributed by atoms with Crippen LogP contribution in [0.25, 0.3) is 10.4 Å². The third-order valence-electron chi connectivity index (χ3n) is 5.51. The van der Waals surface area contributed by atoms with E-state index in [1.54, 1.807) is 5.51 Å². The van der Waals surface area contributed by atoms with Crippen molar-refractivity contribution < 1.29 is 31.0 Å². The highest BCUT2D eigenvalue weighted by atomic mass is 79.9. The molecule has 2 aromatic rings.